The number of ether oxygens (including phenoxy) is 1. The zero-order valence-electron chi connectivity index (χ0n) is 10.8. The molecule has 0 aliphatic carbocycles. The van der Waals surface area contributed by atoms with Gasteiger partial charge in [0.25, 0.3) is 5.91 Å². The van der Waals surface area contributed by atoms with Gasteiger partial charge in [-0.2, -0.15) is 0 Å². The van der Waals surface area contributed by atoms with Crippen molar-refractivity contribution in [1.82, 2.24) is 0 Å². The van der Waals surface area contributed by atoms with Crippen LogP contribution >= 0.6 is 15.9 Å². The SMILES string of the molecule is CCOc1ccccc1C(=O)Nc1ccc(Br)c(F)c1. The highest BCUT2D eigenvalue weighted by Gasteiger charge is 2.12. The van der Waals surface area contributed by atoms with Gasteiger partial charge in [-0.05, 0) is 53.2 Å². The Hall–Kier alpha value is -1.88. The molecular weight excluding hydrogens is 325 g/mol. The molecule has 0 aromatic heterocycles. The highest BCUT2D eigenvalue weighted by molar-refractivity contribution is 9.10. The third-order valence-electron chi connectivity index (χ3n) is 2.61. The van der Waals surface area contributed by atoms with Gasteiger partial charge in [0.15, 0.2) is 0 Å². The van der Waals surface area contributed by atoms with Crippen LogP contribution in [0.1, 0.15) is 17.3 Å². The minimum absolute atomic E-state index is 0.337. The van der Waals surface area contributed by atoms with Crippen molar-refractivity contribution in [1.29, 1.82) is 0 Å². The molecule has 1 amide bonds. The van der Waals surface area contributed by atoms with Gasteiger partial charge in [-0.25, -0.2) is 4.39 Å². The molecule has 2 aromatic carbocycles. The predicted octanol–water partition coefficient (Wildman–Crippen LogP) is 4.24. The fraction of sp³-hybridized carbons (Fsp3) is 0.133. The van der Waals surface area contributed by atoms with Crippen LogP contribution in [0.5, 0.6) is 5.75 Å². The largest absolute Gasteiger partial charge is 0.493 e. The fourth-order valence-electron chi connectivity index (χ4n) is 1.71. The first kappa shape index (κ1) is 14.5. The summed E-state index contributed by atoms with van der Waals surface area (Å²) in [5.74, 6) is -0.262. The van der Waals surface area contributed by atoms with E-state index in [1.807, 2.05) is 6.92 Å². The van der Waals surface area contributed by atoms with Crippen molar-refractivity contribution in [2.45, 2.75) is 6.92 Å². The van der Waals surface area contributed by atoms with Gasteiger partial charge in [0, 0.05) is 5.69 Å². The summed E-state index contributed by atoms with van der Waals surface area (Å²) in [7, 11) is 0. The highest BCUT2D eigenvalue weighted by Crippen LogP contribution is 2.22. The molecular formula is C15H13BrFNO2. The van der Waals surface area contributed by atoms with Crippen molar-refractivity contribution in [2.75, 3.05) is 11.9 Å². The van der Waals surface area contributed by atoms with Crippen LogP contribution in [0.2, 0.25) is 0 Å². The van der Waals surface area contributed by atoms with Gasteiger partial charge in [0.2, 0.25) is 0 Å². The Bertz CT molecular complexity index is 631. The first-order valence-corrected chi connectivity index (χ1v) is 6.89. The summed E-state index contributed by atoms with van der Waals surface area (Å²) in [5, 5.41) is 2.65. The van der Waals surface area contributed by atoms with Gasteiger partial charge in [-0.15, -0.1) is 0 Å². The standard InChI is InChI=1S/C15H13BrFNO2/c1-2-20-14-6-4-3-5-11(14)15(19)18-10-7-8-12(16)13(17)9-10/h3-9H,2H2,1H3,(H,18,19). The summed E-state index contributed by atoms with van der Waals surface area (Å²) in [4.78, 5) is 12.2. The molecule has 0 fully saturated rings. The molecule has 0 aliphatic heterocycles. The Labute approximate surface area is 124 Å². The van der Waals surface area contributed by atoms with Gasteiger partial charge in [-0.1, -0.05) is 12.1 Å². The van der Waals surface area contributed by atoms with E-state index in [1.165, 1.54) is 6.07 Å². The predicted molar refractivity (Wildman–Crippen MR) is 79.7 cm³/mol. The second-order valence-corrected chi connectivity index (χ2v) is 4.87. The second kappa shape index (κ2) is 6.52. The molecule has 2 rings (SSSR count). The quantitative estimate of drug-likeness (QED) is 0.906. The van der Waals surface area contributed by atoms with Gasteiger partial charge >= 0.3 is 0 Å². The molecule has 3 nitrogen and oxygen atoms in total. The van der Waals surface area contributed by atoms with E-state index in [0.29, 0.717) is 28.1 Å². The van der Waals surface area contributed by atoms with Gasteiger partial charge in [0.1, 0.15) is 11.6 Å². The Kier molecular flexibility index (Phi) is 4.74. The van der Waals surface area contributed by atoms with Crippen molar-refractivity contribution in [2.24, 2.45) is 0 Å². The zero-order chi connectivity index (χ0) is 14.5. The van der Waals surface area contributed by atoms with Crippen LogP contribution < -0.4 is 10.1 Å². The van der Waals surface area contributed by atoms with E-state index in [2.05, 4.69) is 21.2 Å². The highest BCUT2D eigenvalue weighted by atomic mass is 79.9. The van der Waals surface area contributed by atoms with Crippen molar-refractivity contribution in [3.63, 3.8) is 0 Å². The molecule has 2 aromatic rings. The van der Waals surface area contributed by atoms with Crippen LogP contribution in [0.25, 0.3) is 0 Å². The minimum Gasteiger partial charge on any atom is -0.493 e. The first-order chi connectivity index (χ1) is 9.61. The number of rotatable bonds is 4. The monoisotopic (exact) mass is 337 g/mol. The van der Waals surface area contributed by atoms with Crippen molar-refractivity contribution in [3.8, 4) is 5.75 Å². The maximum atomic E-state index is 13.4. The van der Waals surface area contributed by atoms with E-state index < -0.39 is 5.82 Å². The smallest absolute Gasteiger partial charge is 0.259 e. The Morgan fingerprint density at radius 1 is 1.30 bits per heavy atom. The summed E-state index contributed by atoms with van der Waals surface area (Å²) in [6.07, 6.45) is 0. The number of hydrogen-bond donors (Lipinski definition) is 1. The number of carbonyl (C=O) groups excluding carboxylic acids is 1. The van der Waals surface area contributed by atoms with Gasteiger partial charge < -0.3 is 10.1 Å². The number of benzene rings is 2. The topological polar surface area (TPSA) is 38.3 Å². The normalized spacial score (nSPS) is 10.2. The zero-order valence-corrected chi connectivity index (χ0v) is 12.4. The van der Waals surface area contributed by atoms with Crippen molar-refractivity contribution in [3.05, 3.63) is 58.3 Å². The molecule has 0 unspecified atom stereocenters. The molecule has 0 aliphatic rings. The molecule has 5 heteroatoms. The van der Waals surface area contributed by atoms with Crippen LogP contribution in [-0.4, -0.2) is 12.5 Å². The van der Waals surface area contributed by atoms with Crippen molar-refractivity contribution >= 4 is 27.5 Å². The summed E-state index contributed by atoms with van der Waals surface area (Å²) in [6.45, 7) is 2.32. The molecule has 1 N–H and O–H groups in total. The molecule has 0 bridgehead atoms. The second-order valence-electron chi connectivity index (χ2n) is 4.01. The van der Waals surface area contributed by atoms with E-state index in [9.17, 15) is 9.18 Å². The van der Waals surface area contributed by atoms with Crippen LogP contribution in [-0.2, 0) is 0 Å². The Balaban J connectivity index is 2.21. The number of amides is 1. The maximum Gasteiger partial charge on any atom is 0.259 e. The summed E-state index contributed by atoms with van der Waals surface area (Å²) >= 11 is 3.06. The maximum absolute atomic E-state index is 13.4. The number of anilines is 1. The number of para-hydroxylation sites is 1. The lowest BCUT2D eigenvalue weighted by molar-refractivity contribution is 0.102. The van der Waals surface area contributed by atoms with Gasteiger partial charge in [-0.3, -0.25) is 4.79 Å². The third-order valence-corrected chi connectivity index (χ3v) is 3.25. The van der Waals surface area contributed by atoms with E-state index in [1.54, 1.807) is 36.4 Å². The average molecular weight is 338 g/mol. The molecule has 0 saturated carbocycles. The number of carbonyl (C=O) groups is 1. The van der Waals surface area contributed by atoms with Crippen LogP contribution in [0, 0.1) is 5.82 Å². The van der Waals surface area contributed by atoms with E-state index in [4.69, 9.17) is 4.74 Å². The van der Waals surface area contributed by atoms with E-state index >= 15 is 0 Å². The molecule has 20 heavy (non-hydrogen) atoms. The van der Waals surface area contributed by atoms with Gasteiger partial charge in [0.05, 0.1) is 16.6 Å². The fourth-order valence-corrected chi connectivity index (χ4v) is 1.95. The average Bonchev–Trinajstić information content (AvgIpc) is 2.44. The molecule has 0 atom stereocenters. The Morgan fingerprint density at radius 2 is 2.05 bits per heavy atom. The molecule has 0 spiro atoms. The van der Waals surface area contributed by atoms with E-state index in [-0.39, 0.29) is 5.91 Å². The summed E-state index contributed by atoms with van der Waals surface area (Å²) < 4.78 is 19.2. The summed E-state index contributed by atoms with van der Waals surface area (Å²) in [5.41, 5.74) is 0.805. The first-order valence-electron chi connectivity index (χ1n) is 6.10. The van der Waals surface area contributed by atoms with E-state index in [0.717, 1.165) is 0 Å². The molecule has 104 valence electrons. The van der Waals surface area contributed by atoms with Crippen LogP contribution in [0.3, 0.4) is 0 Å². The molecule has 0 radical (unpaired) electrons. The third kappa shape index (κ3) is 3.36. The van der Waals surface area contributed by atoms with Crippen LogP contribution in [0.15, 0.2) is 46.9 Å². The lowest BCUT2D eigenvalue weighted by atomic mass is 10.2. The number of nitrogens with one attached hydrogen (secondary N) is 1. The van der Waals surface area contributed by atoms with Crippen LogP contribution in [0.4, 0.5) is 10.1 Å². The minimum atomic E-state index is -0.430. The van der Waals surface area contributed by atoms with Crippen molar-refractivity contribution < 1.29 is 13.9 Å². The number of hydrogen-bond acceptors (Lipinski definition) is 2. The Morgan fingerprint density at radius 3 is 2.75 bits per heavy atom. The molecule has 0 heterocycles. The number of halogens is 2. The lowest BCUT2D eigenvalue weighted by Gasteiger charge is -2.10. The lowest BCUT2D eigenvalue weighted by Crippen LogP contribution is -2.13. The summed E-state index contributed by atoms with van der Waals surface area (Å²) in [6, 6.07) is 11.3. The molecule has 0 saturated heterocycles.